The molecule has 0 radical (unpaired) electrons. The van der Waals surface area contributed by atoms with Crippen LogP contribution in [0.4, 0.5) is 16.3 Å². The minimum absolute atomic E-state index is 0.291. The van der Waals surface area contributed by atoms with Crippen molar-refractivity contribution in [3.05, 3.63) is 41.6 Å². The summed E-state index contributed by atoms with van der Waals surface area (Å²) in [5.41, 5.74) is 3.52. The van der Waals surface area contributed by atoms with Gasteiger partial charge in [0.05, 0.1) is 23.8 Å². The maximum Gasteiger partial charge on any atom is 0.230 e. The Kier molecular flexibility index (Phi) is 4.30. The van der Waals surface area contributed by atoms with Crippen LogP contribution >= 0.6 is 0 Å². The standard InChI is InChI=1S/C23H26FN9/c24-15-5-6-17-18(8-15)29-20(28-17)10-26-22-31-23(32-11-14-2-1-7-25-19(14)12-32)30-21-16(13-3-4-13)9-27-33(21)22/h5-6,8-9,13-14,19,25H,1-4,7,10-12H2,(H,28,29)(H,26,30,31)/t14-,19+/m0/s1. The number of aromatic amines is 1. The predicted octanol–water partition coefficient (Wildman–Crippen LogP) is 2.82. The van der Waals surface area contributed by atoms with Crippen LogP contribution in [0.1, 0.15) is 43.0 Å². The number of halogens is 1. The maximum absolute atomic E-state index is 13.5. The fourth-order valence-corrected chi connectivity index (χ4v) is 5.31. The van der Waals surface area contributed by atoms with Gasteiger partial charge in [0.1, 0.15) is 11.6 Å². The summed E-state index contributed by atoms with van der Waals surface area (Å²) in [6.07, 6.45) is 6.81. The summed E-state index contributed by atoms with van der Waals surface area (Å²) >= 11 is 0. The lowest BCUT2D eigenvalue weighted by Gasteiger charge is -2.24. The van der Waals surface area contributed by atoms with Crippen LogP contribution in [0.2, 0.25) is 0 Å². The van der Waals surface area contributed by atoms with Gasteiger partial charge in [-0.05, 0) is 56.2 Å². The number of benzene rings is 1. The Hall–Kier alpha value is -3.27. The van der Waals surface area contributed by atoms with Crippen LogP contribution in [0.5, 0.6) is 0 Å². The predicted molar refractivity (Wildman–Crippen MR) is 123 cm³/mol. The molecule has 0 unspecified atom stereocenters. The minimum atomic E-state index is -0.291. The molecule has 1 aliphatic carbocycles. The zero-order valence-corrected chi connectivity index (χ0v) is 18.3. The molecule has 1 saturated carbocycles. The topological polar surface area (TPSA) is 99.1 Å². The maximum atomic E-state index is 13.5. The molecule has 7 rings (SSSR count). The van der Waals surface area contributed by atoms with E-state index in [1.54, 1.807) is 10.6 Å². The number of nitrogens with one attached hydrogen (secondary N) is 3. The van der Waals surface area contributed by atoms with Gasteiger partial charge in [-0.15, -0.1) is 0 Å². The highest BCUT2D eigenvalue weighted by Gasteiger charge is 2.36. The number of fused-ring (bicyclic) bond motifs is 3. The number of hydrogen-bond acceptors (Lipinski definition) is 7. The first-order valence-corrected chi connectivity index (χ1v) is 11.8. The van der Waals surface area contributed by atoms with E-state index in [0.29, 0.717) is 35.9 Å². The number of hydrogen-bond donors (Lipinski definition) is 3. The molecular weight excluding hydrogens is 421 g/mol. The van der Waals surface area contributed by atoms with Crippen molar-refractivity contribution in [1.29, 1.82) is 0 Å². The monoisotopic (exact) mass is 447 g/mol. The van der Waals surface area contributed by atoms with E-state index in [1.807, 2.05) is 6.20 Å². The van der Waals surface area contributed by atoms with Gasteiger partial charge in [0.15, 0.2) is 5.65 Å². The summed E-state index contributed by atoms with van der Waals surface area (Å²) in [7, 11) is 0. The number of H-pyrrole nitrogens is 1. The van der Waals surface area contributed by atoms with Crippen molar-refractivity contribution < 1.29 is 4.39 Å². The van der Waals surface area contributed by atoms with Crippen LogP contribution < -0.4 is 15.5 Å². The second-order valence-corrected chi connectivity index (χ2v) is 9.52. The third kappa shape index (κ3) is 3.40. The summed E-state index contributed by atoms with van der Waals surface area (Å²) in [6.45, 7) is 3.43. The van der Waals surface area contributed by atoms with Crippen molar-refractivity contribution in [2.75, 3.05) is 29.9 Å². The Morgan fingerprint density at radius 3 is 2.94 bits per heavy atom. The number of imidazole rings is 1. The van der Waals surface area contributed by atoms with Gasteiger partial charge in [-0.1, -0.05) is 0 Å². The molecule has 4 aromatic rings. The molecule has 9 nitrogen and oxygen atoms in total. The molecule has 3 N–H and O–H groups in total. The molecular formula is C23H26FN9. The molecule has 1 aromatic carbocycles. The molecule has 3 aliphatic rings. The highest BCUT2D eigenvalue weighted by Crippen LogP contribution is 2.42. The van der Waals surface area contributed by atoms with E-state index in [4.69, 9.17) is 9.97 Å². The van der Waals surface area contributed by atoms with Gasteiger partial charge in [-0.2, -0.15) is 19.6 Å². The fourth-order valence-electron chi connectivity index (χ4n) is 5.31. The largest absolute Gasteiger partial charge is 0.347 e. The SMILES string of the molecule is Fc1ccc2[nH]c(CNc3nc(N4C[C@@H]5CCCN[C@@H]5C4)nc4c(C5CC5)cnn34)nc2c1. The molecule has 2 saturated heterocycles. The number of piperidine rings is 1. The Bertz CT molecular complexity index is 1330. The third-order valence-corrected chi connectivity index (χ3v) is 7.19. The van der Waals surface area contributed by atoms with E-state index in [2.05, 4.69) is 30.6 Å². The average Bonchev–Trinajstić information content (AvgIpc) is 3.25. The van der Waals surface area contributed by atoms with Crippen LogP contribution in [0, 0.1) is 11.7 Å². The molecule has 2 atom stereocenters. The molecule has 0 spiro atoms. The van der Waals surface area contributed by atoms with Gasteiger partial charge in [0, 0.05) is 30.8 Å². The van der Waals surface area contributed by atoms with Crippen LogP contribution in [-0.4, -0.2) is 55.2 Å². The Morgan fingerprint density at radius 2 is 2.06 bits per heavy atom. The number of aromatic nitrogens is 6. The molecule has 0 bridgehead atoms. The number of nitrogens with zero attached hydrogens (tertiary/aromatic N) is 6. The van der Waals surface area contributed by atoms with Crippen LogP contribution in [-0.2, 0) is 6.54 Å². The van der Waals surface area contributed by atoms with E-state index < -0.39 is 0 Å². The smallest absolute Gasteiger partial charge is 0.230 e. The molecule has 3 aromatic heterocycles. The van der Waals surface area contributed by atoms with Gasteiger partial charge >= 0.3 is 0 Å². The molecule has 10 heteroatoms. The van der Waals surface area contributed by atoms with Crippen LogP contribution in [0.15, 0.2) is 24.4 Å². The van der Waals surface area contributed by atoms with Crippen molar-refractivity contribution in [3.8, 4) is 0 Å². The molecule has 5 heterocycles. The van der Waals surface area contributed by atoms with E-state index in [1.165, 1.54) is 43.4 Å². The minimum Gasteiger partial charge on any atom is -0.347 e. The van der Waals surface area contributed by atoms with Crippen LogP contribution in [0.25, 0.3) is 16.7 Å². The van der Waals surface area contributed by atoms with Gasteiger partial charge in [-0.3, -0.25) is 0 Å². The second-order valence-electron chi connectivity index (χ2n) is 9.52. The highest BCUT2D eigenvalue weighted by atomic mass is 19.1. The van der Waals surface area contributed by atoms with Gasteiger partial charge in [0.25, 0.3) is 0 Å². The molecule has 2 aliphatic heterocycles. The first-order valence-electron chi connectivity index (χ1n) is 11.8. The lowest BCUT2D eigenvalue weighted by atomic mass is 9.94. The summed E-state index contributed by atoms with van der Waals surface area (Å²) < 4.78 is 15.3. The normalized spacial score (nSPS) is 22.9. The molecule has 170 valence electrons. The summed E-state index contributed by atoms with van der Waals surface area (Å²) in [5, 5.41) is 11.7. The summed E-state index contributed by atoms with van der Waals surface area (Å²) in [5.74, 6) is 3.03. The Morgan fingerprint density at radius 1 is 1.12 bits per heavy atom. The van der Waals surface area contributed by atoms with Crippen molar-refractivity contribution in [1.82, 2.24) is 34.9 Å². The quantitative estimate of drug-likeness (QED) is 0.433. The first-order chi connectivity index (χ1) is 16.2. The molecule has 3 fully saturated rings. The van der Waals surface area contributed by atoms with Crippen molar-refractivity contribution in [3.63, 3.8) is 0 Å². The van der Waals surface area contributed by atoms with Crippen LogP contribution in [0.3, 0.4) is 0 Å². The summed E-state index contributed by atoms with van der Waals surface area (Å²) in [4.78, 5) is 19.9. The first kappa shape index (κ1) is 19.2. The zero-order valence-electron chi connectivity index (χ0n) is 18.3. The van der Waals surface area contributed by atoms with Gasteiger partial charge < -0.3 is 20.5 Å². The highest BCUT2D eigenvalue weighted by molar-refractivity contribution is 5.75. The summed E-state index contributed by atoms with van der Waals surface area (Å²) in [6, 6.07) is 5.09. The second kappa shape index (κ2) is 7.38. The lowest BCUT2D eigenvalue weighted by Crippen LogP contribution is -2.40. The lowest BCUT2D eigenvalue weighted by molar-refractivity contribution is 0.340. The zero-order chi connectivity index (χ0) is 21.9. The Labute approximate surface area is 189 Å². The average molecular weight is 448 g/mol. The van der Waals surface area contributed by atoms with Gasteiger partial charge in [-0.25, -0.2) is 9.37 Å². The number of rotatable bonds is 5. The molecule has 0 amide bonds. The van der Waals surface area contributed by atoms with Crippen molar-refractivity contribution in [2.45, 2.75) is 44.2 Å². The Balaban J connectivity index is 1.22. The third-order valence-electron chi connectivity index (χ3n) is 7.19. The van der Waals surface area contributed by atoms with E-state index in [9.17, 15) is 4.39 Å². The van der Waals surface area contributed by atoms with E-state index in [0.717, 1.165) is 42.6 Å². The molecule has 33 heavy (non-hydrogen) atoms. The van der Waals surface area contributed by atoms with E-state index >= 15 is 0 Å². The van der Waals surface area contributed by atoms with Crippen molar-refractivity contribution >= 4 is 28.6 Å². The fraction of sp³-hybridized carbons (Fsp3) is 0.478. The van der Waals surface area contributed by atoms with Crippen molar-refractivity contribution in [2.24, 2.45) is 5.92 Å². The van der Waals surface area contributed by atoms with E-state index in [-0.39, 0.29) is 5.82 Å². The van der Waals surface area contributed by atoms with Gasteiger partial charge in [0.2, 0.25) is 11.9 Å². The number of anilines is 2.